The summed E-state index contributed by atoms with van der Waals surface area (Å²) in [5.41, 5.74) is 1.09. The smallest absolute Gasteiger partial charge is 0.317 e. The van der Waals surface area contributed by atoms with E-state index >= 15 is 0 Å². The van der Waals surface area contributed by atoms with Crippen LogP contribution in [0.1, 0.15) is 26.3 Å². The highest BCUT2D eigenvalue weighted by Gasteiger charge is 2.21. The zero-order valence-electron chi connectivity index (χ0n) is 13.0. The highest BCUT2D eigenvalue weighted by Crippen LogP contribution is 2.22. The van der Waals surface area contributed by atoms with E-state index in [9.17, 15) is 4.79 Å². The summed E-state index contributed by atoms with van der Waals surface area (Å²) in [6.45, 7) is 7.60. The number of hydrogen-bond acceptors (Lipinski definition) is 2. The Morgan fingerprint density at radius 2 is 2.14 bits per heavy atom. The second kappa shape index (κ2) is 8.25. The largest absolute Gasteiger partial charge is 0.395 e. The Hall–Kier alpha value is -1.26. The fourth-order valence-corrected chi connectivity index (χ4v) is 2.43. The van der Waals surface area contributed by atoms with E-state index in [1.165, 1.54) is 0 Å². The number of benzene rings is 1. The minimum atomic E-state index is -0.134. The molecule has 4 nitrogen and oxygen atoms in total. The molecule has 2 N–H and O–H groups in total. The highest BCUT2D eigenvalue weighted by molar-refractivity contribution is 6.30. The molecule has 0 atom stereocenters. The molecule has 0 aliphatic carbocycles. The van der Waals surface area contributed by atoms with Crippen molar-refractivity contribution >= 4 is 17.6 Å². The van der Waals surface area contributed by atoms with Gasteiger partial charge in [0.15, 0.2) is 0 Å². The molecule has 1 rings (SSSR count). The Kier molecular flexibility index (Phi) is 6.99. The molecule has 1 aromatic carbocycles. The van der Waals surface area contributed by atoms with Gasteiger partial charge in [0.2, 0.25) is 0 Å². The fraction of sp³-hybridized carbons (Fsp3) is 0.562. The average molecular weight is 313 g/mol. The van der Waals surface area contributed by atoms with Gasteiger partial charge < -0.3 is 15.3 Å². The molecule has 0 aliphatic heterocycles. The summed E-state index contributed by atoms with van der Waals surface area (Å²) >= 11 is 6.00. The zero-order chi connectivity index (χ0) is 15.9. The summed E-state index contributed by atoms with van der Waals surface area (Å²) in [6.07, 6.45) is 0.833. The molecule has 0 bridgehead atoms. The lowest BCUT2D eigenvalue weighted by atomic mass is 9.86. The molecule has 21 heavy (non-hydrogen) atoms. The maximum absolute atomic E-state index is 12.0. The van der Waals surface area contributed by atoms with E-state index in [1.807, 2.05) is 31.2 Å². The Labute approximate surface area is 132 Å². The average Bonchev–Trinajstić information content (AvgIpc) is 2.42. The summed E-state index contributed by atoms with van der Waals surface area (Å²) < 4.78 is 0. The SMILES string of the molecule is CCN(CCO)C(=O)NCC(C)(C)Cc1cccc(Cl)c1. The molecule has 2 amide bonds. The molecular weight excluding hydrogens is 288 g/mol. The molecule has 0 aromatic heterocycles. The Bertz CT molecular complexity index is 463. The number of carbonyl (C=O) groups is 1. The van der Waals surface area contributed by atoms with E-state index in [2.05, 4.69) is 19.2 Å². The van der Waals surface area contributed by atoms with Crippen LogP contribution in [0.15, 0.2) is 24.3 Å². The first-order valence-corrected chi connectivity index (χ1v) is 7.64. The lowest BCUT2D eigenvalue weighted by Gasteiger charge is -2.28. The second-order valence-corrected chi connectivity index (χ2v) is 6.37. The van der Waals surface area contributed by atoms with Gasteiger partial charge in [-0.3, -0.25) is 0 Å². The van der Waals surface area contributed by atoms with Crippen molar-refractivity contribution in [2.45, 2.75) is 27.2 Å². The van der Waals surface area contributed by atoms with E-state index in [1.54, 1.807) is 4.90 Å². The zero-order valence-corrected chi connectivity index (χ0v) is 13.8. The van der Waals surface area contributed by atoms with E-state index in [0.717, 1.165) is 17.0 Å². The van der Waals surface area contributed by atoms with Crippen molar-refractivity contribution in [3.63, 3.8) is 0 Å². The summed E-state index contributed by atoms with van der Waals surface area (Å²) in [4.78, 5) is 13.6. The first-order chi connectivity index (χ1) is 9.88. The third-order valence-electron chi connectivity index (χ3n) is 3.33. The van der Waals surface area contributed by atoms with Crippen LogP contribution in [0.5, 0.6) is 0 Å². The molecule has 0 radical (unpaired) electrons. The molecule has 1 aromatic rings. The number of hydrogen-bond donors (Lipinski definition) is 2. The molecule has 0 aliphatic rings. The number of rotatable bonds is 7. The summed E-state index contributed by atoms with van der Waals surface area (Å²) in [7, 11) is 0. The molecule has 118 valence electrons. The number of aliphatic hydroxyl groups is 1. The molecule has 0 spiro atoms. The van der Waals surface area contributed by atoms with Gasteiger partial charge in [-0.15, -0.1) is 0 Å². The van der Waals surface area contributed by atoms with Crippen molar-refractivity contribution in [1.29, 1.82) is 0 Å². The van der Waals surface area contributed by atoms with Crippen molar-refractivity contribution in [3.05, 3.63) is 34.9 Å². The van der Waals surface area contributed by atoms with Crippen LogP contribution < -0.4 is 5.32 Å². The minimum Gasteiger partial charge on any atom is -0.395 e. The topological polar surface area (TPSA) is 52.6 Å². The van der Waals surface area contributed by atoms with Gasteiger partial charge in [-0.25, -0.2) is 4.79 Å². The first kappa shape index (κ1) is 17.8. The number of amides is 2. The number of nitrogens with one attached hydrogen (secondary N) is 1. The molecule has 0 saturated heterocycles. The normalized spacial score (nSPS) is 11.3. The standard InChI is InChI=1S/C16H25ClN2O2/c1-4-19(8-9-20)15(21)18-12-16(2,3)11-13-6-5-7-14(17)10-13/h5-7,10,20H,4,8-9,11-12H2,1-3H3,(H,18,21). The predicted octanol–water partition coefficient (Wildman–Crippen LogP) is 2.93. The van der Waals surface area contributed by atoms with Gasteiger partial charge in [0.25, 0.3) is 0 Å². The molecular formula is C16H25ClN2O2. The van der Waals surface area contributed by atoms with Gasteiger partial charge in [-0.1, -0.05) is 37.6 Å². The summed E-state index contributed by atoms with van der Waals surface area (Å²) in [5, 5.41) is 12.6. The maximum Gasteiger partial charge on any atom is 0.317 e. The van der Waals surface area contributed by atoms with Gasteiger partial charge in [-0.2, -0.15) is 0 Å². The molecule has 0 saturated carbocycles. The third-order valence-corrected chi connectivity index (χ3v) is 3.56. The van der Waals surface area contributed by atoms with Gasteiger partial charge in [0.05, 0.1) is 6.61 Å². The lowest BCUT2D eigenvalue weighted by Crippen LogP contribution is -2.45. The summed E-state index contributed by atoms with van der Waals surface area (Å²) in [5.74, 6) is 0. The van der Waals surface area contributed by atoms with Gasteiger partial charge in [0, 0.05) is 24.7 Å². The van der Waals surface area contributed by atoms with Crippen LogP contribution in [0.4, 0.5) is 4.79 Å². The van der Waals surface area contributed by atoms with Crippen molar-refractivity contribution < 1.29 is 9.90 Å². The van der Waals surface area contributed by atoms with Crippen LogP contribution in [0.25, 0.3) is 0 Å². The van der Waals surface area contributed by atoms with E-state index in [0.29, 0.717) is 19.6 Å². The van der Waals surface area contributed by atoms with Crippen LogP contribution in [-0.2, 0) is 6.42 Å². The van der Waals surface area contributed by atoms with E-state index in [4.69, 9.17) is 16.7 Å². The Morgan fingerprint density at radius 1 is 1.43 bits per heavy atom. The van der Waals surface area contributed by atoms with E-state index < -0.39 is 0 Å². The van der Waals surface area contributed by atoms with Crippen LogP contribution in [-0.4, -0.2) is 42.3 Å². The first-order valence-electron chi connectivity index (χ1n) is 7.26. The van der Waals surface area contributed by atoms with Crippen LogP contribution in [0.3, 0.4) is 0 Å². The highest BCUT2D eigenvalue weighted by atomic mass is 35.5. The monoisotopic (exact) mass is 312 g/mol. The van der Waals surface area contributed by atoms with Gasteiger partial charge in [0.1, 0.15) is 0 Å². The number of halogens is 1. The number of carbonyl (C=O) groups excluding carboxylic acids is 1. The van der Waals surface area contributed by atoms with Crippen LogP contribution in [0, 0.1) is 5.41 Å². The van der Waals surface area contributed by atoms with Crippen molar-refractivity contribution in [1.82, 2.24) is 10.2 Å². The van der Waals surface area contributed by atoms with Gasteiger partial charge >= 0.3 is 6.03 Å². The van der Waals surface area contributed by atoms with Crippen LogP contribution in [0.2, 0.25) is 5.02 Å². The maximum atomic E-state index is 12.0. The Balaban J connectivity index is 2.54. The van der Waals surface area contributed by atoms with Gasteiger partial charge in [-0.05, 0) is 36.5 Å². The molecule has 0 fully saturated rings. The van der Waals surface area contributed by atoms with Crippen molar-refractivity contribution in [2.24, 2.45) is 5.41 Å². The number of aliphatic hydroxyl groups excluding tert-OH is 1. The Morgan fingerprint density at radius 3 is 2.71 bits per heavy atom. The van der Waals surface area contributed by atoms with Crippen LogP contribution >= 0.6 is 11.6 Å². The number of likely N-dealkylation sites (N-methyl/N-ethyl adjacent to an activating group) is 1. The fourth-order valence-electron chi connectivity index (χ4n) is 2.21. The lowest BCUT2D eigenvalue weighted by molar-refractivity contribution is 0.176. The minimum absolute atomic E-state index is 0.0207. The quantitative estimate of drug-likeness (QED) is 0.813. The molecule has 0 heterocycles. The molecule has 0 unspecified atom stereocenters. The third kappa shape index (κ3) is 6.36. The molecule has 5 heteroatoms. The van der Waals surface area contributed by atoms with Crippen molar-refractivity contribution in [2.75, 3.05) is 26.2 Å². The second-order valence-electron chi connectivity index (χ2n) is 5.93. The number of urea groups is 1. The van der Waals surface area contributed by atoms with Crippen molar-refractivity contribution in [3.8, 4) is 0 Å². The van der Waals surface area contributed by atoms with E-state index in [-0.39, 0.29) is 18.1 Å². The summed E-state index contributed by atoms with van der Waals surface area (Å²) in [6, 6.07) is 7.65. The predicted molar refractivity (Wildman–Crippen MR) is 86.7 cm³/mol. The number of nitrogens with zero attached hydrogens (tertiary/aromatic N) is 1.